The summed E-state index contributed by atoms with van der Waals surface area (Å²) in [6.45, 7) is 7.87. The van der Waals surface area contributed by atoms with E-state index in [2.05, 4.69) is 11.0 Å². The number of carbonyl (C=O) groups excluding carboxylic acids is 1. The average Bonchev–Trinajstić information content (AvgIpc) is 3.04. The second kappa shape index (κ2) is 8.03. The van der Waals surface area contributed by atoms with Crippen LogP contribution in [0.5, 0.6) is 0 Å². The number of anilines is 1. The first-order valence-electron chi connectivity index (χ1n) is 10.0. The van der Waals surface area contributed by atoms with Gasteiger partial charge in [0.2, 0.25) is 0 Å². The lowest BCUT2D eigenvalue weighted by Gasteiger charge is -2.32. The fourth-order valence-corrected chi connectivity index (χ4v) is 4.14. The van der Waals surface area contributed by atoms with Crippen molar-refractivity contribution in [3.05, 3.63) is 46.7 Å². The van der Waals surface area contributed by atoms with Crippen LogP contribution in [0, 0.1) is 19.8 Å². The van der Waals surface area contributed by atoms with Crippen molar-refractivity contribution >= 4 is 29.0 Å². The summed E-state index contributed by atoms with van der Waals surface area (Å²) in [5, 5.41) is 5.51. The Labute approximate surface area is 175 Å². The number of esters is 1. The number of benzene rings is 1. The van der Waals surface area contributed by atoms with E-state index in [1.165, 1.54) is 0 Å². The summed E-state index contributed by atoms with van der Waals surface area (Å²) >= 11 is 6.06. The van der Waals surface area contributed by atoms with E-state index in [0.717, 1.165) is 59.9 Å². The van der Waals surface area contributed by atoms with Crippen LogP contribution in [-0.4, -0.2) is 40.3 Å². The number of aromatic nitrogens is 3. The normalized spacial score (nSPS) is 15.1. The van der Waals surface area contributed by atoms with Gasteiger partial charge in [0.25, 0.3) is 0 Å². The highest BCUT2D eigenvalue weighted by atomic mass is 35.5. The standard InChI is InChI=1S/C22H25ClN4O2/c1-4-29-22(28)17-9-11-26(12-10-17)19-13-14(2)24-21-20(15(3)25-27(19)21)16-5-7-18(23)8-6-16/h5-8,13,17H,4,9-12H2,1-3H3. The van der Waals surface area contributed by atoms with Crippen molar-refractivity contribution in [2.45, 2.75) is 33.6 Å². The first kappa shape index (κ1) is 19.7. The Morgan fingerprint density at radius 3 is 2.55 bits per heavy atom. The fraction of sp³-hybridized carbons (Fsp3) is 0.409. The number of hydrogen-bond acceptors (Lipinski definition) is 5. The second-order valence-corrected chi connectivity index (χ2v) is 7.91. The number of rotatable bonds is 4. The van der Waals surface area contributed by atoms with Gasteiger partial charge in [-0.15, -0.1) is 0 Å². The molecule has 1 aliphatic rings. The molecule has 152 valence electrons. The van der Waals surface area contributed by atoms with Crippen molar-refractivity contribution in [2.24, 2.45) is 5.92 Å². The van der Waals surface area contributed by atoms with Gasteiger partial charge in [-0.2, -0.15) is 9.61 Å². The quantitative estimate of drug-likeness (QED) is 0.592. The number of nitrogens with zero attached hydrogens (tertiary/aromatic N) is 4. The van der Waals surface area contributed by atoms with E-state index in [4.69, 9.17) is 26.4 Å². The molecular formula is C22H25ClN4O2. The van der Waals surface area contributed by atoms with Gasteiger partial charge in [-0.25, -0.2) is 4.98 Å². The first-order valence-corrected chi connectivity index (χ1v) is 10.4. The Morgan fingerprint density at radius 2 is 1.90 bits per heavy atom. The van der Waals surface area contributed by atoms with E-state index in [9.17, 15) is 4.79 Å². The van der Waals surface area contributed by atoms with Crippen molar-refractivity contribution in [3.8, 4) is 11.1 Å². The third kappa shape index (κ3) is 3.81. The summed E-state index contributed by atoms with van der Waals surface area (Å²) < 4.78 is 7.12. The van der Waals surface area contributed by atoms with Gasteiger partial charge in [-0.1, -0.05) is 23.7 Å². The van der Waals surface area contributed by atoms with Crippen LogP contribution in [0.4, 0.5) is 5.82 Å². The van der Waals surface area contributed by atoms with E-state index in [1.54, 1.807) is 0 Å². The molecule has 1 saturated heterocycles. The van der Waals surface area contributed by atoms with Gasteiger partial charge in [-0.05, 0) is 51.3 Å². The lowest BCUT2D eigenvalue weighted by molar-refractivity contribution is -0.148. The highest BCUT2D eigenvalue weighted by Crippen LogP contribution is 2.32. The molecule has 6 nitrogen and oxygen atoms in total. The summed E-state index contributed by atoms with van der Waals surface area (Å²) in [6, 6.07) is 9.84. The third-order valence-electron chi connectivity index (χ3n) is 5.45. The van der Waals surface area contributed by atoms with E-state index >= 15 is 0 Å². The molecule has 1 aliphatic heterocycles. The van der Waals surface area contributed by atoms with Crippen LogP contribution in [0.3, 0.4) is 0 Å². The molecule has 0 saturated carbocycles. The number of piperidine rings is 1. The minimum Gasteiger partial charge on any atom is -0.466 e. The largest absolute Gasteiger partial charge is 0.466 e. The molecular weight excluding hydrogens is 388 g/mol. The highest BCUT2D eigenvalue weighted by Gasteiger charge is 2.28. The zero-order valence-electron chi connectivity index (χ0n) is 17.0. The first-order chi connectivity index (χ1) is 14.0. The molecule has 0 aliphatic carbocycles. The SMILES string of the molecule is CCOC(=O)C1CCN(c2cc(C)nc3c(-c4ccc(Cl)cc4)c(C)nn23)CC1. The molecule has 0 amide bonds. The number of ether oxygens (including phenoxy) is 1. The van der Waals surface area contributed by atoms with Crippen LogP contribution in [-0.2, 0) is 9.53 Å². The molecule has 0 atom stereocenters. The van der Waals surface area contributed by atoms with Gasteiger partial charge in [-0.3, -0.25) is 4.79 Å². The summed E-state index contributed by atoms with van der Waals surface area (Å²) in [5.74, 6) is 0.912. The van der Waals surface area contributed by atoms with Crippen LogP contribution in [0.25, 0.3) is 16.8 Å². The Kier molecular flexibility index (Phi) is 5.46. The Morgan fingerprint density at radius 1 is 1.21 bits per heavy atom. The lowest BCUT2D eigenvalue weighted by Crippen LogP contribution is -2.38. The lowest BCUT2D eigenvalue weighted by atomic mass is 9.97. The fourth-order valence-electron chi connectivity index (χ4n) is 4.01. The molecule has 2 aromatic heterocycles. The van der Waals surface area contributed by atoms with E-state index in [1.807, 2.05) is 49.6 Å². The number of carbonyl (C=O) groups is 1. The highest BCUT2D eigenvalue weighted by molar-refractivity contribution is 6.30. The van der Waals surface area contributed by atoms with Gasteiger partial charge in [0.1, 0.15) is 5.82 Å². The molecule has 3 heterocycles. The summed E-state index contributed by atoms with van der Waals surface area (Å²) in [4.78, 5) is 19.1. The number of fused-ring (bicyclic) bond motifs is 1. The summed E-state index contributed by atoms with van der Waals surface area (Å²) in [6.07, 6.45) is 1.57. The molecule has 4 rings (SSSR count). The minimum absolute atomic E-state index is 0.0198. The van der Waals surface area contributed by atoms with Crippen molar-refractivity contribution in [3.63, 3.8) is 0 Å². The van der Waals surface area contributed by atoms with E-state index in [0.29, 0.717) is 11.6 Å². The molecule has 29 heavy (non-hydrogen) atoms. The van der Waals surface area contributed by atoms with Crippen molar-refractivity contribution in [1.82, 2.24) is 14.6 Å². The van der Waals surface area contributed by atoms with Gasteiger partial charge in [0, 0.05) is 35.4 Å². The Hall–Kier alpha value is -2.60. The number of aryl methyl sites for hydroxylation is 2. The van der Waals surface area contributed by atoms with Gasteiger partial charge >= 0.3 is 5.97 Å². The predicted octanol–water partition coefficient (Wildman–Crippen LogP) is 4.45. The molecule has 1 fully saturated rings. The zero-order chi connectivity index (χ0) is 20.5. The minimum atomic E-state index is -0.0804. The second-order valence-electron chi connectivity index (χ2n) is 7.47. The Balaban J connectivity index is 1.69. The van der Waals surface area contributed by atoms with Gasteiger partial charge in [0.15, 0.2) is 5.65 Å². The molecule has 0 radical (unpaired) electrons. The topological polar surface area (TPSA) is 59.7 Å². The van der Waals surface area contributed by atoms with E-state index in [-0.39, 0.29) is 11.9 Å². The van der Waals surface area contributed by atoms with Crippen molar-refractivity contribution < 1.29 is 9.53 Å². The van der Waals surface area contributed by atoms with Crippen LogP contribution in [0.15, 0.2) is 30.3 Å². The Bertz CT molecular complexity index is 1040. The molecule has 0 unspecified atom stereocenters. The number of halogens is 1. The summed E-state index contributed by atoms with van der Waals surface area (Å²) in [5.41, 5.74) is 4.77. The van der Waals surface area contributed by atoms with Gasteiger partial charge < -0.3 is 9.64 Å². The maximum absolute atomic E-state index is 12.1. The maximum atomic E-state index is 12.1. The zero-order valence-corrected chi connectivity index (χ0v) is 17.7. The molecule has 0 bridgehead atoms. The molecule has 1 aromatic carbocycles. The number of hydrogen-bond donors (Lipinski definition) is 0. The third-order valence-corrected chi connectivity index (χ3v) is 5.70. The van der Waals surface area contributed by atoms with Crippen LogP contribution < -0.4 is 4.90 Å². The molecule has 0 N–H and O–H groups in total. The molecule has 0 spiro atoms. The molecule has 3 aromatic rings. The van der Waals surface area contributed by atoms with Crippen LogP contribution >= 0.6 is 11.6 Å². The monoisotopic (exact) mass is 412 g/mol. The molecule has 7 heteroatoms. The van der Waals surface area contributed by atoms with Crippen LogP contribution in [0.2, 0.25) is 5.02 Å². The smallest absolute Gasteiger partial charge is 0.309 e. The summed E-state index contributed by atoms with van der Waals surface area (Å²) in [7, 11) is 0. The van der Waals surface area contributed by atoms with Crippen LogP contribution in [0.1, 0.15) is 31.2 Å². The van der Waals surface area contributed by atoms with Crippen molar-refractivity contribution in [1.29, 1.82) is 0 Å². The maximum Gasteiger partial charge on any atom is 0.309 e. The average molecular weight is 413 g/mol. The van der Waals surface area contributed by atoms with E-state index < -0.39 is 0 Å². The van der Waals surface area contributed by atoms with Crippen molar-refractivity contribution in [2.75, 3.05) is 24.6 Å². The predicted molar refractivity (Wildman–Crippen MR) is 114 cm³/mol. The van der Waals surface area contributed by atoms with Gasteiger partial charge in [0.05, 0.1) is 18.2 Å².